The number of nitro groups is 1. The molecule has 0 unspecified atom stereocenters. The van der Waals surface area contributed by atoms with Crippen molar-refractivity contribution in [3.63, 3.8) is 0 Å². The highest BCUT2D eigenvalue weighted by Gasteiger charge is 2.11. The van der Waals surface area contributed by atoms with E-state index in [2.05, 4.69) is 31.3 Å². The van der Waals surface area contributed by atoms with Crippen LogP contribution in [-0.4, -0.2) is 14.9 Å². The van der Waals surface area contributed by atoms with Crippen LogP contribution in [0, 0.1) is 17.0 Å². The molecule has 0 bridgehead atoms. The van der Waals surface area contributed by atoms with E-state index < -0.39 is 4.92 Å². The fraction of sp³-hybridized carbons (Fsp3) is 0.0909. The van der Waals surface area contributed by atoms with Crippen LogP contribution in [0.15, 0.2) is 28.7 Å². The van der Waals surface area contributed by atoms with Crippen LogP contribution in [0.5, 0.6) is 11.6 Å². The van der Waals surface area contributed by atoms with Crippen LogP contribution in [0.25, 0.3) is 0 Å². The quantitative estimate of drug-likeness (QED) is 0.499. The summed E-state index contributed by atoms with van der Waals surface area (Å²) in [6.07, 6.45) is 0. The van der Waals surface area contributed by atoms with Crippen LogP contribution < -0.4 is 16.0 Å². The minimum Gasteiger partial charge on any atom is -0.439 e. The van der Waals surface area contributed by atoms with Crippen molar-refractivity contribution >= 4 is 27.4 Å². The van der Waals surface area contributed by atoms with Gasteiger partial charge in [-0.15, -0.1) is 0 Å². The number of aryl methyl sites for hydroxylation is 1. The van der Waals surface area contributed by atoms with Crippen molar-refractivity contribution in [2.24, 2.45) is 5.84 Å². The number of nitrogens with zero attached hydrogens (tertiary/aromatic N) is 3. The summed E-state index contributed by atoms with van der Waals surface area (Å²) in [7, 11) is 0. The molecule has 1 aromatic heterocycles. The van der Waals surface area contributed by atoms with Crippen molar-refractivity contribution in [2.45, 2.75) is 6.92 Å². The van der Waals surface area contributed by atoms with Crippen LogP contribution in [-0.2, 0) is 0 Å². The molecule has 0 radical (unpaired) electrons. The highest BCUT2D eigenvalue weighted by atomic mass is 79.9. The van der Waals surface area contributed by atoms with E-state index in [-0.39, 0.29) is 17.3 Å². The van der Waals surface area contributed by atoms with E-state index in [1.165, 1.54) is 18.2 Å². The lowest BCUT2D eigenvalue weighted by Crippen LogP contribution is -2.09. The number of nitrogens with two attached hydrogens (primary N) is 1. The number of non-ortho nitro benzene ring substituents is 1. The van der Waals surface area contributed by atoms with E-state index >= 15 is 0 Å². The average molecular weight is 340 g/mol. The lowest BCUT2D eigenvalue weighted by atomic mass is 10.3. The summed E-state index contributed by atoms with van der Waals surface area (Å²) in [6, 6.07) is 5.77. The molecule has 20 heavy (non-hydrogen) atoms. The van der Waals surface area contributed by atoms with Crippen molar-refractivity contribution in [1.82, 2.24) is 9.97 Å². The molecule has 0 atom stereocenters. The molecule has 1 heterocycles. The minimum atomic E-state index is -0.504. The van der Waals surface area contributed by atoms with Crippen molar-refractivity contribution < 1.29 is 9.66 Å². The van der Waals surface area contributed by atoms with E-state index in [9.17, 15) is 10.1 Å². The van der Waals surface area contributed by atoms with Gasteiger partial charge in [-0.2, -0.15) is 4.98 Å². The number of aromatic nitrogens is 2. The number of ether oxygens (including phenoxy) is 1. The van der Waals surface area contributed by atoms with Crippen molar-refractivity contribution in [3.05, 3.63) is 44.7 Å². The fourth-order valence-electron chi connectivity index (χ4n) is 1.50. The van der Waals surface area contributed by atoms with Gasteiger partial charge in [0.05, 0.1) is 11.0 Å². The zero-order valence-corrected chi connectivity index (χ0v) is 11.9. The smallest absolute Gasteiger partial charge is 0.274 e. The number of anilines is 1. The van der Waals surface area contributed by atoms with Gasteiger partial charge in [0.25, 0.3) is 5.69 Å². The second-order valence-corrected chi connectivity index (χ2v) is 4.70. The Morgan fingerprint density at radius 3 is 2.75 bits per heavy atom. The third-order valence-electron chi connectivity index (χ3n) is 2.25. The zero-order chi connectivity index (χ0) is 14.7. The molecule has 104 valence electrons. The van der Waals surface area contributed by atoms with E-state index in [1.807, 2.05) is 0 Å². The molecular formula is C11H10BrN5O3. The number of nitrogens with one attached hydrogen (secondary N) is 1. The predicted octanol–water partition coefficient (Wildman–Crippen LogP) is 2.53. The number of hydrogen-bond donors (Lipinski definition) is 2. The maximum Gasteiger partial charge on any atom is 0.274 e. The number of nitro benzene ring substituents is 1. The lowest BCUT2D eigenvalue weighted by Gasteiger charge is -2.07. The molecule has 0 saturated carbocycles. The molecule has 2 aromatic rings. The second-order valence-electron chi connectivity index (χ2n) is 3.79. The summed E-state index contributed by atoms with van der Waals surface area (Å²) >= 11 is 3.19. The largest absolute Gasteiger partial charge is 0.439 e. The maximum atomic E-state index is 10.8. The van der Waals surface area contributed by atoms with Crippen molar-refractivity contribution in [1.29, 1.82) is 0 Å². The Labute approximate surface area is 122 Å². The van der Waals surface area contributed by atoms with Crippen LogP contribution in [0.4, 0.5) is 11.5 Å². The van der Waals surface area contributed by atoms with Crippen LogP contribution in [0.2, 0.25) is 0 Å². The number of rotatable bonds is 4. The standard InChI is InChI=1S/C11H10BrN5O3/c1-6-14-10(16-13)5-11(15-6)20-9-3-7(12)2-8(4-9)17(18)19/h2-5H,13H2,1H3,(H,14,15,16). The average Bonchev–Trinajstić information content (AvgIpc) is 2.37. The Hall–Kier alpha value is -2.26. The Morgan fingerprint density at radius 2 is 2.10 bits per heavy atom. The number of halogens is 1. The van der Waals surface area contributed by atoms with Crippen LogP contribution in [0.3, 0.4) is 0 Å². The first-order chi connectivity index (χ1) is 9.47. The molecular weight excluding hydrogens is 330 g/mol. The van der Waals surface area contributed by atoms with E-state index in [0.29, 0.717) is 16.1 Å². The van der Waals surface area contributed by atoms with Gasteiger partial charge in [-0.3, -0.25) is 10.1 Å². The topological polar surface area (TPSA) is 116 Å². The highest BCUT2D eigenvalue weighted by molar-refractivity contribution is 9.10. The normalized spacial score (nSPS) is 10.2. The van der Waals surface area contributed by atoms with Crippen molar-refractivity contribution in [3.8, 4) is 11.6 Å². The number of nitrogen functional groups attached to an aromatic ring is 1. The van der Waals surface area contributed by atoms with Gasteiger partial charge < -0.3 is 10.2 Å². The van der Waals surface area contributed by atoms with Gasteiger partial charge in [-0.1, -0.05) is 15.9 Å². The Morgan fingerprint density at radius 1 is 1.35 bits per heavy atom. The fourth-order valence-corrected chi connectivity index (χ4v) is 1.96. The van der Waals surface area contributed by atoms with Gasteiger partial charge in [0.2, 0.25) is 5.88 Å². The molecule has 9 heteroatoms. The molecule has 1 aromatic carbocycles. The lowest BCUT2D eigenvalue weighted by molar-refractivity contribution is -0.385. The summed E-state index contributed by atoms with van der Waals surface area (Å²) in [5.41, 5.74) is 2.30. The summed E-state index contributed by atoms with van der Waals surface area (Å²) in [6.45, 7) is 1.68. The first-order valence-corrected chi connectivity index (χ1v) is 6.22. The third-order valence-corrected chi connectivity index (χ3v) is 2.71. The second kappa shape index (κ2) is 5.80. The first-order valence-electron chi connectivity index (χ1n) is 5.43. The van der Waals surface area contributed by atoms with Gasteiger partial charge in [0.1, 0.15) is 17.4 Å². The highest BCUT2D eigenvalue weighted by Crippen LogP contribution is 2.29. The summed E-state index contributed by atoms with van der Waals surface area (Å²) < 4.78 is 6.02. The molecule has 3 N–H and O–H groups in total. The number of hydrazine groups is 1. The zero-order valence-electron chi connectivity index (χ0n) is 10.3. The first kappa shape index (κ1) is 14.2. The SMILES string of the molecule is Cc1nc(NN)cc(Oc2cc(Br)cc([N+](=O)[O-])c2)n1. The van der Waals surface area contributed by atoms with Gasteiger partial charge in [0.15, 0.2) is 0 Å². The van der Waals surface area contributed by atoms with Gasteiger partial charge >= 0.3 is 0 Å². The molecule has 0 aliphatic carbocycles. The molecule has 2 rings (SSSR count). The molecule has 0 amide bonds. The number of benzene rings is 1. The molecule has 8 nitrogen and oxygen atoms in total. The summed E-state index contributed by atoms with van der Waals surface area (Å²) in [4.78, 5) is 18.4. The maximum absolute atomic E-state index is 10.8. The number of hydrogen-bond acceptors (Lipinski definition) is 7. The van der Waals surface area contributed by atoms with Gasteiger partial charge in [-0.05, 0) is 13.0 Å². The van der Waals surface area contributed by atoms with E-state index in [4.69, 9.17) is 10.6 Å². The molecule has 0 saturated heterocycles. The minimum absolute atomic E-state index is 0.0858. The molecule has 0 aliphatic heterocycles. The van der Waals surface area contributed by atoms with Crippen molar-refractivity contribution in [2.75, 3.05) is 5.43 Å². The third kappa shape index (κ3) is 3.39. The monoisotopic (exact) mass is 339 g/mol. The van der Waals surface area contributed by atoms with E-state index in [0.717, 1.165) is 0 Å². The molecule has 0 spiro atoms. The molecule has 0 aliphatic rings. The van der Waals surface area contributed by atoms with Gasteiger partial charge in [0, 0.05) is 16.6 Å². The predicted molar refractivity (Wildman–Crippen MR) is 75.4 cm³/mol. The Balaban J connectivity index is 2.34. The van der Waals surface area contributed by atoms with Gasteiger partial charge in [-0.25, -0.2) is 10.8 Å². The summed E-state index contributed by atoms with van der Waals surface area (Å²) in [5, 5.41) is 10.8. The van der Waals surface area contributed by atoms with Crippen LogP contribution >= 0.6 is 15.9 Å². The Bertz CT molecular complexity index is 665. The molecule has 0 fully saturated rings. The Kier molecular flexibility index (Phi) is 4.11. The summed E-state index contributed by atoms with van der Waals surface area (Å²) in [5.74, 6) is 6.64. The van der Waals surface area contributed by atoms with E-state index in [1.54, 1.807) is 13.0 Å². The van der Waals surface area contributed by atoms with Crippen LogP contribution in [0.1, 0.15) is 5.82 Å².